The fraction of sp³-hybridized carbons (Fsp3) is 0.111. The van der Waals surface area contributed by atoms with Crippen LogP contribution in [0.2, 0.25) is 5.02 Å². The number of aryl methyl sites for hydroxylation is 1. The van der Waals surface area contributed by atoms with Gasteiger partial charge in [0.05, 0.1) is 18.5 Å². The molecule has 3 aromatic rings. The Bertz CT molecular complexity index is 925. The third-order valence-corrected chi connectivity index (χ3v) is 4.94. The van der Waals surface area contributed by atoms with E-state index in [1.807, 2.05) is 0 Å². The number of aromatic nitrogens is 1. The van der Waals surface area contributed by atoms with Crippen molar-refractivity contribution in [2.24, 2.45) is 0 Å². The first-order chi connectivity index (χ1) is 12.0. The first-order valence-electron chi connectivity index (χ1n) is 7.36. The minimum absolute atomic E-state index is 0.302. The normalized spacial score (nSPS) is 10.6. The van der Waals surface area contributed by atoms with Crippen LogP contribution in [-0.4, -0.2) is 18.0 Å². The smallest absolute Gasteiger partial charge is 0.267 e. The van der Waals surface area contributed by atoms with Crippen molar-refractivity contribution < 1.29 is 13.9 Å². The Kier molecular flexibility index (Phi) is 5.01. The molecule has 0 saturated carbocycles. The van der Waals surface area contributed by atoms with Crippen LogP contribution in [0.15, 0.2) is 42.5 Å². The Labute approximate surface area is 153 Å². The minimum Gasteiger partial charge on any atom is -0.495 e. The molecule has 128 valence electrons. The summed E-state index contributed by atoms with van der Waals surface area (Å²) in [4.78, 5) is 17.5. The van der Waals surface area contributed by atoms with E-state index in [4.69, 9.17) is 16.3 Å². The van der Waals surface area contributed by atoms with E-state index in [0.717, 1.165) is 5.56 Å². The molecule has 1 heterocycles. The number of ether oxygens (including phenoxy) is 1. The van der Waals surface area contributed by atoms with Crippen LogP contribution in [-0.2, 0) is 0 Å². The van der Waals surface area contributed by atoms with Crippen LogP contribution in [0.5, 0.6) is 5.75 Å². The molecule has 0 fully saturated rings. The molecule has 0 spiro atoms. The average molecular weight is 377 g/mol. The van der Waals surface area contributed by atoms with Gasteiger partial charge in [0.15, 0.2) is 0 Å². The van der Waals surface area contributed by atoms with Crippen LogP contribution in [0.25, 0.3) is 10.6 Å². The summed E-state index contributed by atoms with van der Waals surface area (Å²) in [6, 6.07) is 11.0. The molecule has 0 bridgehead atoms. The van der Waals surface area contributed by atoms with Gasteiger partial charge in [-0.05, 0) is 49.4 Å². The summed E-state index contributed by atoms with van der Waals surface area (Å²) in [5.74, 6) is -0.106. The number of amides is 1. The summed E-state index contributed by atoms with van der Waals surface area (Å²) in [6.45, 7) is 1.76. The van der Waals surface area contributed by atoms with Gasteiger partial charge in [-0.1, -0.05) is 11.6 Å². The third kappa shape index (κ3) is 3.81. The molecule has 0 atom stereocenters. The molecule has 1 N–H and O–H groups in total. The topological polar surface area (TPSA) is 51.2 Å². The van der Waals surface area contributed by atoms with Gasteiger partial charge in [-0.3, -0.25) is 4.79 Å². The first-order valence-corrected chi connectivity index (χ1v) is 8.55. The lowest BCUT2D eigenvalue weighted by Gasteiger charge is -2.09. The Morgan fingerprint density at radius 3 is 2.64 bits per heavy atom. The van der Waals surface area contributed by atoms with E-state index in [1.54, 1.807) is 37.3 Å². The predicted molar refractivity (Wildman–Crippen MR) is 98.2 cm³/mol. The molecule has 3 rings (SSSR count). The number of carbonyl (C=O) groups is 1. The molecule has 1 amide bonds. The van der Waals surface area contributed by atoms with Crippen molar-refractivity contribution >= 4 is 34.5 Å². The largest absolute Gasteiger partial charge is 0.495 e. The highest BCUT2D eigenvalue weighted by Crippen LogP contribution is 2.31. The zero-order chi connectivity index (χ0) is 18.0. The molecule has 0 saturated heterocycles. The van der Waals surface area contributed by atoms with E-state index in [9.17, 15) is 9.18 Å². The van der Waals surface area contributed by atoms with E-state index >= 15 is 0 Å². The van der Waals surface area contributed by atoms with Crippen molar-refractivity contribution in [3.63, 3.8) is 0 Å². The number of carbonyl (C=O) groups excluding carboxylic acids is 1. The number of hydrogen-bond donors (Lipinski definition) is 1. The Morgan fingerprint density at radius 2 is 1.96 bits per heavy atom. The number of anilines is 1. The Morgan fingerprint density at radius 1 is 1.24 bits per heavy atom. The fourth-order valence-corrected chi connectivity index (χ4v) is 3.42. The van der Waals surface area contributed by atoms with Gasteiger partial charge in [0, 0.05) is 10.6 Å². The first kappa shape index (κ1) is 17.4. The molecular weight excluding hydrogens is 363 g/mol. The fourth-order valence-electron chi connectivity index (χ4n) is 2.28. The highest BCUT2D eigenvalue weighted by atomic mass is 35.5. The van der Waals surface area contributed by atoms with Crippen molar-refractivity contribution in [1.29, 1.82) is 0 Å². The Balaban J connectivity index is 1.88. The van der Waals surface area contributed by atoms with E-state index in [-0.39, 0.29) is 11.7 Å². The third-order valence-electron chi connectivity index (χ3n) is 3.50. The van der Waals surface area contributed by atoms with Crippen LogP contribution in [0.4, 0.5) is 10.1 Å². The van der Waals surface area contributed by atoms with E-state index in [2.05, 4.69) is 10.3 Å². The Hall–Kier alpha value is -2.44. The molecule has 0 unspecified atom stereocenters. The van der Waals surface area contributed by atoms with Crippen molar-refractivity contribution in [2.75, 3.05) is 12.4 Å². The maximum Gasteiger partial charge on any atom is 0.267 e. The van der Waals surface area contributed by atoms with Crippen molar-refractivity contribution in [3.05, 3.63) is 63.9 Å². The monoisotopic (exact) mass is 376 g/mol. The lowest BCUT2D eigenvalue weighted by molar-refractivity contribution is 0.102. The zero-order valence-corrected chi connectivity index (χ0v) is 15.0. The van der Waals surface area contributed by atoms with Gasteiger partial charge >= 0.3 is 0 Å². The molecule has 0 aliphatic rings. The summed E-state index contributed by atoms with van der Waals surface area (Å²) < 4.78 is 18.3. The molecule has 25 heavy (non-hydrogen) atoms. The second-order valence-electron chi connectivity index (χ2n) is 5.24. The molecule has 1 aromatic heterocycles. The van der Waals surface area contributed by atoms with E-state index in [1.165, 1.54) is 30.6 Å². The number of hydrogen-bond acceptors (Lipinski definition) is 4. The van der Waals surface area contributed by atoms with Crippen molar-refractivity contribution in [3.8, 4) is 16.3 Å². The average Bonchev–Trinajstić information content (AvgIpc) is 2.97. The second kappa shape index (κ2) is 7.21. The van der Waals surface area contributed by atoms with Crippen LogP contribution in [0.1, 0.15) is 15.4 Å². The van der Waals surface area contributed by atoms with Crippen LogP contribution in [0.3, 0.4) is 0 Å². The number of methoxy groups -OCH3 is 1. The number of nitrogens with zero attached hydrogens (tertiary/aromatic N) is 1. The summed E-state index contributed by atoms with van der Waals surface area (Å²) in [6.07, 6.45) is 0. The lowest BCUT2D eigenvalue weighted by Crippen LogP contribution is -2.12. The summed E-state index contributed by atoms with van der Waals surface area (Å²) in [7, 11) is 1.52. The molecule has 0 radical (unpaired) electrons. The van der Waals surface area contributed by atoms with Crippen molar-refractivity contribution in [1.82, 2.24) is 4.98 Å². The summed E-state index contributed by atoms with van der Waals surface area (Å²) in [5.41, 5.74) is 1.84. The molecule has 4 nitrogen and oxygen atoms in total. The number of nitrogens with one attached hydrogen (secondary N) is 1. The van der Waals surface area contributed by atoms with Crippen LogP contribution in [0, 0.1) is 12.7 Å². The summed E-state index contributed by atoms with van der Waals surface area (Å²) in [5, 5.41) is 3.94. The van der Waals surface area contributed by atoms with Gasteiger partial charge in [-0.25, -0.2) is 9.37 Å². The zero-order valence-electron chi connectivity index (χ0n) is 13.5. The standard InChI is InChI=1S/C18H14ClFN2O2S/c1-10-16(25-18(21-10)11-3-6-13(20)7-4-11)17(23)22-14-9-12(19)5-8-15(14)24-2/h3-9H,1-2H3,(H,22,23). The van der Waals surface area contributed by atoms with Gasteiger partial charge in [-0.2, -0.15) is 0 Å². The minimum atomic E-state index is -0.317. The molecular formula is C18H14ClFN2O2S. The number of halogens is 2. The van der Waals surface area contributed by atoms with E-state index in [0.29, 0.717) is 32.0 Å². The molecule has 7 heteroatoms. The van der Waals surface area contributed by atoms with Crippen LogP contribution >= 0.6 is 22.9 Å². The molecule has 0 aliphatic carbocycles. The highest BCUT2D eigenvalue weighted by Gasteiger charge is 2.18. The summed E-state index contributed by atoms with van der Waals surface area (Å²) >= 11 is 7.23. The van der Waals surface area contributed by atoms with Gasteiger partial charge in [0.2, 0.25) is 0 Å². The van der Waals surface area contributed by atoms with Gasteiger partial charge < -0.3 is 10.1 Å². The number of thiazole rings is 1. The highest BCUT2D eigenvalue weighted by molar-refractivity contribution is 7.17. The van der Waals surface area contributed by atoms with Crippen LogP contribution < -0.4 is 10.1 Å². The van der Waals surface area contributed by atoms with Gasteiger partial charge in [0.25, 0.3) is 5.91 Å². The van der Waals surface area contributed by atoms with Gasteiger partial charge in [-0.15, -0.1) is 11.3 Å². The van der Waals surface area contributed by atoms with Gasteiger partial charge in [0.1, 0.15) is 21.5 Å². The number of rotatable bonds is 4. The van der Waals surface area contributed by atoms with Crippen molar-refractivity contribution in [2.45, 2.75) is 6.92 Å². The number of benzene rings is 2. The predicted octanol–water partition coefficient (Wildman–Crippen LogP) is 5.17. The maximum atomic E-state index is 13.1. The van der Waals surface area contributed by atoms with E-state index < -0.39 is 0 Å². The molecule has 2 aromatic carbocycles. The SMILES string of the molecule is COc1ccc(Cl)cc1NC(=O)c1sc(-c2ccc(F)cc2)nc1C. The maximum absolute atomic E-state index is 13.1. The second-order valence-corrected chi connectivity index (χ2v) is 6.67. The molecule has 0 aliphatic heterocycles. The quantitative estimate of drug-likeness (QED) is 0.683. The lowest BCUT2D eigenvalue weighted by atomic mass is 10.2.